The molecule has 0 radical (unpaired) electrons. The van der Waals surface area contributed by atoms with Crippen LogP contribution in [0.2, 0.25) is 0 Å². The Bertz CT molecular complexity index is 2930. The number of amides is 2. The molecular formula is C61H84N6O15. The van der Waals surface area contributed by atoms with Gasteiger partial charge in [-0.3, -0.25) is 29.0 Å². The van der Waals surface area contributed by atoms with E-state index in [1.807, 2.05) is 62.1 Å². The van der Waals surface area contributed by atoms with Crippen LogP contribution in [0.3, 0.4) is 0 Å². The van der Waals surface area contributed by atoms with Crippen LogP contribution in [0, 0.1) is 11.3 Å². The molecule has 9 unspecified atom stereocenters. The molecule has 1 aliphatic carbocycles. The van der Waals surface area contributed by atoms with Crippen LogP contribution < -0.4 is 15.0 Å². The number of fused-ring (bicyclic) bond motifs is 7. The van der Waals surface area contributed by atoms with Gasteiger partial charge in [0.1, 0.15) is 29.9 Å². The Morgan fingerprint density at radius 3 is 2.46 bits per heavy atom. The minimum atomic E-state index is -2.33. The van der Waals surface area contributed by atoms with Gasteiger partial charge >= 0.3 is 17.9 Å². The summed E-state index contributed by atoms with van der Waals surface area (Å²) in [6.45, 7) is 9.98. The predicted octanol–water partition coefficient (Wildman–Crippen LogP) is 3.33. The van der Waals surface area contributed by atoms with Crippen LogP contribution in [0.1, 0.15) is 114 Å². The number of nitrogens with zero attached hydrogens (tertiary/aromatic N) is 4. The third kappa shape index (κ3) is 9.77. The van der Waals surface area contributed by atoms with Crippen molar-refractivity contribution >= 4 is 46.3 Å². The minimum absolute atomic E-state index is 0.0248. The molecule has 21 heteroatoms. The molecule has 7 heterocycles. The van der Waals surface area contributed by atoms with Gasteiger partial charge in [0.25, 0.3) is 5.91 Å². The van der Waals surface area contributed by atoms with Crippen molar-refractivity contribution in [2.75, 3.05) is 92.0 Å². The summed E-state index contributed by atoms with van der Waals surface area (Å²) in [6, 6.07) is 9.82. The van der Waals surface area contributed by atoms with E-state index in [2.05, 4.69) is 32.2 Å². The number of hydrogen-bond donors (Lipinski definition) is 6. The molecule has 1 spiro atoms. The van der Waals surface area contributed by atoms with Crippen molar-refractivity contribution < 1.29 is 72.8 Å². The monoisotopic (exact) mass is 1140 g/mol. The number of anilines is 1. The lowest BCUT2D eigenvalue weighted by Gasteiger charge is -2.65. The molecular weight excluding hydrogens is 1060 g/mol. The molecule has 6 N–H and O–H groups in total. The van der Waals surface area contributed by atoms with Crippen LogP contribution in [0.4, 0.5) is 5.69 Å². The molecule has 2 amide bonds. The number of aromatic nitrogens is 1. The zero-order valence-corrected chi connectivity index (χ0v) is 48.6. The SMILES string of the molecule is CCC(CO)OC(COC(=O)CCCC(=O)NC(C)C(=O)OCCCN1CN2c3cc(OC)c([C@@]4(C(=O)OC)CC5CN(CCc6c4[nH]c4ccccc64)CC(O)(CC)C5)cc3C34CCN5CC=C[C@](CC)(C53)[C@@H](O)[C@](O)(C1=O)C24)OC. The van der Waals surface area contributed by atoms with Gasteiger partial charge in [-0.1, -0.05) is 51.1 Å². The fraction of sp³-hybridized carbons (Fsp3) is 0.656. The van der Waals surface area contributed by atoms with Crippen molar-refractivity contribution in [3.05, 3.63) is 70.9 Å². The summed E-state index contributed by atoms with van der Waals surface area (Å²) in [5.41, 5.74) is -2.10. The summed E-state index contributed by atoms with van der Waals surface area (Å²) in [6.07, 6.45) is 4.79. The van der Waals surface area contributed by atoms with Crippen LogP contribution >= 0.6 is 0 Å². The average molecular weight is 1140 g/mol. The first kappa shape index (κ1) is 59.5. The Hall–Kier alpha value is -5.65. The second-order valence-electron chi connectivity index (χ2n) is 24.1. The number of rotatable bonds is 22. The van der Waals surface area contributed by atoms with E-state index < -0.39 is 87.8 Å². The maximum atomic E-state index is 15.6. The number of aliphatic hydroxyl groups is 4. The Morgan fingerprint density at radius 2 is 1.74 bits per heavy atom. The van der Waals surface area contributed by atoms with Gasteiger partial charge in [0, 0.05) is 103 Å². The van der Waals surface area contributed by atoms with Gasteiger partial charge in [0.15, 0.2) is 11.9 Å². The van der Waals surface area contributed by atoms with Gasteiger partial charge in [-0.2, -0.15) is 0 Å². The highest BCUT2D eigenvalue weighted by atomic mass is 16.7. The molecule has 1 saturated carbocycles. The molecule has 1 aromatic heterocycles. The molecule has 82 heavy (non-hydrogen) atoms. The summed E-state index contributed by atoms with van der Waals surface area (Å²) in [5.74, 6) is -2.58. The van der Waals surface area contributed by atoms with Crippen LogP contribution in [0.5, 0.6) is 5.75 Å². The van der Waals surface area contributed by atoms with E-state index >= 15 is 9.59 Å². The predicted molar refractivity (Wildman–Crippen MR) is 301 cm³/mol. The fourth-order valence-electron chi connectivity index (χ4n) is 15.9. The topological polar surface area (TPSA) is 262 Å². The van der Waals surface area contributed by atoms with Crippen LogP contribution in [0.25, 0.3) is 10.9 Å². The zero-order chi connectivity index (χ0) is 58.5. The number of aromatic amines is 1. The number of hydrogen-bond acceptors (Lipinski definition) is 18. The lowest BCUT2D eigenvalue weighted by Crippen LogP contribution is -2.84. The Kier molecular flexibility index (Phi) is 17.0. The molecule has 6 aliphatic heterocycles. The number of carbonyl (C=O) groups excluding carboxylic acids is 5. The van der Waals surface area contributed by atoms with Gasteiger partial charge in [-0.15, -0.1) is 0 Å². The second kappa shape index (κ2) is 23.4. The van der Waals surface area contributed by atoms with Crippen LogP contribution in [0.15, 0.2) is 48.6 Å². The van der Waals surface area contributed by atoms with Crippen LogP contribution in [-0.2, 0) is 64.9 Å². The Labute approximate surface area is 479 Å². The van der Waals surface area contributed by atoms with Crippen molar-refractivity contribution in [1.82, 2.24) is 25.0 Å². The van der Waals surface area contributed by atoms with Crippen molar-refractivity contribution in [3.8, 4) is 5.75 Å². The van der Waals surface area contributed by atoms with E-state index in [0.29, 0.717) is 93.9 Å². The molecule has 2 aromatic carbocycles. The van der Waals surface area contributed by atoms with Crippen molar-refractivity contribution in [2.24, 2.45) is 11.3 Å². The minimum Gasteiger partial charge on any atom is -0.496 e. The third-order valence-electron chi connectivity index (χ3n) is 19.6. The van der Waals surface area contributed by atoms with Crippen molar-refractivity contribution in [3.63, 3.8) is 0 Å². The number of nitrogens with one attached hydrogen (secondary N) is 2. The summed E-state index contributed by atoms with van der Waals surface area (Å²) >= 11 is 0. The van der Waals surface area contributed by atoms with Crippen molar-refractivity contribution in [1.29, 1.82) is 0 Å². The molecule has 3 aromatic rings. The molecule has 448 valence electrons. The number of benzene rings is 2. The quantitative estimate of drug-likeness (QED) is 0.0277. The van der Waals surface area contributed by atoms with E-state index in [-0.39, 0.29) is 77.1 Å². The van der Waals surface area contributed by atoms with E-state index in [4.69, 9.17) is 28.4 Å². The molecule has 21 nitrogen and oxygen atoms in total. The molecule has 2 bridgehead atoms. The van der Waals surface area contributed by atoms with E-state index in [1.54, 1.807) is 7.11 Å². The number of aliphatic hydroxyl groups excluding tert-OH is 2. The van der Waals surface area contributed by atoms with E-state index in [9.17, 15) is 34.8 Å². The third-order valence-corrected chi connectivity index (χ3v) is 19.6. The average Bonchev–Trinajstić information content (AvgIpc) is 3.66. The largest absolute Gasteiger partial charge is 0.496 e. The van der Waals surface area contributed by atoms with Crippen molar-refractivity contribution in [2.45, 2.75) is 157 Å². The highest BCUT2D eigenvalue weighted by Crippen LogP contribution is 2.69. The summed E-state index contributed by atoms with van der Waals surface area (Å²) < 4.78 is 34.1. The second-order valence-corrected chi connectivity index (χ2v) is 24.1. The summed E-state index contributed by atoms with van der Waals surface area (Å²) in [5, 5.41) is 51.8. The summed E-state index contributed by atoms with van der Waals surface area (Å²) in [7, 11) is 4.40. The standard InChI is InChI=1S/C61H84N6O15/c1-8-39(33-68)82-49(78-6)34-81-48(70)19-13-18-47(69)62-37(4)51(71)80-27-15-24-66-36-67-45-29-46(77-5)43(28-42(45)59-22-26-65-23-14-21-58(10-3,52(59)65)54(72)61(76,53(59)67)55(66)73)60(56(74)79-7)31-38-30-57(75,9-2)35-64(32-38)25-20-41-40-16-11-12-17-44(40)63-50(41)60/h11-12,14,16-17,21,28-29,37-39,49,52-54,63,68,72,75-76H,8-10,13,15,18-20,22-27,30-36H2,1-7H3,(H,62,69)/t37?,38?,39?,49?,52?,53?,54-,57?,58-,59?,60+,61+/m1/s1. The highest BCUT2D eigenvalue weighted by Gasteiger charge is 2.80. The van der Waals surface area contributed by atoms with Gasteiger partial charge in [0.2, 0.25) is 5.91 Å². The van der Waals surface area contributed by atoms with Gasteiger partial charge < -0.3 is 68.9 Å². The number of para-hydroxylation sites is 1. The smallest absolute Gasteiger partial charge is 0.328 e. The van der Waals surface area contributed by atoms with Gasteiger partial charge in [0.05, 0.1) is 51.8 Å². The number of H-pyrrole nitrogens is 1. The van der Waals surface area contributed by atoms with E-state index in [0.717, 1.165) is 22.0 Å². The molecule has 10 rings (SSSR count). The lowest BCUT2D eigenvalue weighted by molar-refractivity contribution is -0.218. The van der Waals surface area contributed by atoms with Gasteiger partial charge in [-0.05, 0) is 100 Å². The Morgan fingerprint density at radius 1 is 0.951 bits per heavy atom. The van der Waals surface area contributed by atoms with Crippen LogP contribution in [-0.4, -0.2) is 205 Å². The fourth-order valence-corrected chi connectivity index (χ4v) is 15.9. The number of methoxy groups -OCH3 is 3. The number of piperidine rings is 1. The zero-order valence-electron chi connectivity index (χ0n) is 48.6. The maximum Gasteiger partial charge on any atom is 0.328 e. The number of carbonyl (C=O) groups is 5. The lowest BCUT2D eigenvalue weighted by atomic mass is 9.47. The Balaban J connectivity index is 0.934. The summed E-state index contributed by atoms with van der Waals surface area (Å²) in [4.78, 5) is 81.5. The molecule has 7 aliphatic rings. The maximum absolute atomic E-state index is 15.6. The first-order valence-corrected chi connectivity index (χ1v) is 29.5. The van der Waals surface area contributed by atoms with Gasteiger partial charge in [-0.25, -0.2) is 4.79 Å². The molecule has 4 fully saturated rings. The number of ether oxygens (including phenoxy) is 6. The first-order chi connectivity index (χ1) is 39.4. The molecule has 13 atom stereocenters. The highest BCUT2D eigenvalue weighted by molar-refractivity contribution is 5.96. The first-order valence-electron chi connectivity index (χ1n) is 29.5. The normalized spacial score (nSPS) is 31.8. The van der Waals surface area contributed by atoms with E-state index in [1.165, 1.54) is 26.0 Å². The number of esters is 3. The molecule has 3 saturated heterocycles.